The summed E-state index contributed by atoms with van der Waals surface area (Å²) in [5.74, 6) is -1.22. The van der Waals surface area contributed by atoms with Crippen molar-refractivity contribution in [2.75, 3.05) is 0 Å². The van der Waals surface area contributed by atoms with Gasteiger partial charge in [-0.3, -0.25) is 0 Å². The quantitative estimate of drug-likeness (QED) is 0.522. The number of phenolic OH excluding ortho intramolecular Hbond substituents is 5. The van der Waals surface area contributed by atoms with E-state index in [-0.39, 0.29) is 40.7 Å². The molecule has 0 bridgehead atoms. The lowest BCUT2D eigenvalue weighted by molar-refractivity contribution is 0.403. The van der Waals surface area contributed by atoms with Crippen molar-refractivity contribution in [1.82, 2.24) is 0 Å². The van der Waals surface area contributed by atoms with Crippen LogP contribution in [0, 0.1) is 0 Å². The first-order valence-electron chi connectivity index (χ1n) is 5.22. The van der Waals surface area contributed by atoms with E-state index >= 15 is 0 Å². The third-order valence-electron chi connectivity index (χ3n) is 2.61. The Labute approximate surface area is 103 Å². The van der Waals surface area contributed by atoms with Crippen LogP contribution < -0.4 is 0 Å². The zero-order chi connectivity index (χ0) is 13.3. The number of aromatic hydroxyl groups is 5. The van der Waals surface area contributed by atoms with Gasteiger partial charge in [-0.2, -0.15) is 0 Å². The summed E-state index contributed by atoms with van der Waals surface area (Å²) in [6, 6.07) is 6.45. The Morgan fingerprint density at radius 1 is 0.667 bits per heavy atom. The molecule has 0 unspecified atom stereocenters. The van der Waals surface area contributed by atoms with Gasteiger partial charge in [0.05, 0.1) is 0 Å². The van der Waals surface area contributed by atoms with Crippen LogP contribution in [0.4, 0.5) is 0 Å². The van der Waals surface area contributed by atoms with E-state index in [1.807, 2.05) is 0 Å². The van der Waals surface area contributed by atoms with Crippen LogP contribution in [0.25, 0.3) is 0 Å². The summed E-state index contributed by atoms with van der Waals surface area (Å²) in [6.07, 6.45) is 0.159. The molecule has 0 fully saturated rings. The maximum Gasteiger partial charge on any atom is 0.157 e. The minimum atomic E-state index is -0.273. The van der Waals surface area contributed by atoms with Gasteiger partial charge >= 0.3 is 0 Å². The van der Waals surface area contributed by atoms with Crippen molar-refractivity contribution in [2.24, 2.45) is 0 Å². The predicted molar refractivity (Wildman–Crippen MR) is 64.0 cm³/mol. The molecule has 0 amide bonds. The highest BCUT2D eigenvalue weighted by Gasteiger charge is 2.11. The molecule has 0 aliphatic carbocycles. The summed E-state index contributed by atoms with van der Waals surface area (Å²) in [4.78, 5) is 0. The normalized spacial score (nSPS) is 10.4. The number of hydrogen-bond acceptors (Lipinski definition) is 5. The molecule has 0 atom stereocenters. The van der Waals surface area contributed by atoms with E-state index in [9.17, 15) is 25.5 Å². The highest BCUT2D eigenvalue weighted by Crippen LogP contribution is 2.34. The summed E-state index contributed by atoms with van der Waals surface area (Å²) in [6.45, 7) is 0. The lowest BCUT2D eigenvalue weighted by Gasteiger charge is -2.09. The average Bonchev–Trinajstić information content (AvgIpc) is 2.28. The smallest absolute Gasteiger partial charge is 0.157 e. The first kappa shape index (κ1) is 11.9. The molecular weight excluding hydrogens is 236 g/mol. The lowest BCUT2D eigenvalue weighted by atomic mass is 10.0. The highest BCUT2D eigenvalue weighted by atomic mass is 16.3. The lowest BCUT2D eigenvalue weighted by Crippen LogP contribution is -1.90. The van der Waals surface area contributed by atoms with Crippen LogP contribution in [-0.4, -0.2) is 25.5 Å². The van der Waals surface area contributed by atoms with Crippen LogP contribution in [0.15, 0.2) is 30.3 Å². The van der Waals surface area contributed by atoms with Gasteiger partial charge in [-0.1, -0.05) is 6.07 Å². The fourth-order valence-electron chi connectivity index (χ4n) is 1.69. The zero-order valence-corrected chi connectivity index (χ0v) is 9.33. The molecule has 2 rings (SSSR count). The Morgan fingerprint density at radius 2 is 1.28 bits per heavy atom. The van der Waals surface area contributed by atoms with Crippen molar-refractivity contribution in [1.29, 1.82) is 0 Å². The van der Waals surface area contributed by atoms with Gasteiger partial charge in [0.2, 0.25) is 0 Å². The van der Waals surface area contributed by atoms with Gasteiger partial charge in [0, 0.05) is 24.1 Å². The van der Waals surface area contributed by atoms with Crippen LogP contribution in [0.5, 0.6) is 28.7 Å². The van der Waals surface area contributed by atoms with Crippen LogP contribution in [0.3, 0.4) is 0 Å². The Hall–Kier alpha value is -2.56. The molecule has 2 aromatic carbocycles. The van der Waals surface area contributed by atoms with Crippen LogP contribution >= 0.6 is 0 Å². The highest BCUT2D eigenvalue weighted by molar-refractivity contribution is 5.51. The van der Waals surface area contributed by atoms with Gasteiger partial charge in [0.15, 0.2) is 11.5 Å². The van der Waals surface area contributed by atoms with E-state index in [0.717, 1.165) is 12.1 Å². The topological polar surface area (TPSA) is 101 Å². The van der Waals surface area contributed by atoms with Gasteiger partial charge in [0.25, 0.3) is 0 Å². The molecule has 0 saturated carbocycles. The molecule has 0 aromatic heterocycles. The molecule has 94 valence electrons. The molecule has 0 aliphatic rings. The molecule has 0 spiro atoms. The number of phenols is 5. The van der Waals surface area contributed by atoms with E-state index in [4.69, 9.17) is 0 Å². The van der Waals surface area contributed by atoms with Gasteiger partial charge < -0.3 is 25.5 Å². The summed E-state index contributed by atoms with van der Waals surface area (Å²) in [5, 5.41) is 46.9. The third-order valence-corrected chi connectivity index (χ3v) is 2.61. The molecule has 5 heteroatoms. The number of rotatable bonds is 2. The first-order valence-corrected chi connectivity index (χ1v) is 5.22. The molecule has 5 N–H and O–H groups in total. The van der Waals surface area contributed by atoms with Crippen LogP contribution in [0.1, 0.15) is 11.1 Å². The summed E-state index contributed by atoms with van der Waals surface area (Å²) < 4.78 is 0. The molecule has 0 radical (unpaired) electrons. The maximum atomic E-state index is 9.63. The third kappa shape index (κ3) is 2.24. The SMILES string of the molecule is Oc1cc(O)c(Cc2ccc(O)c(O)c2)c(O)c1. The summed E-state index contributed by atoms with van der Waals surface area (Å²) in [7, 11) is 0. The van der Waals surface area contributed by atoms with Gasteiger partial charge in [-0.15, -0.1) is 0 Å². The zero-order valence-electron chi connectivity index (χ0n) is 9.33. The van der Waals surface area contributed by atoms with Crippen molar-refractivity contribution in [3.8, 4) is 28.7 Å². The van der Waals surface area contributed by atoms with E-state index in [1.54, 1.807) is 6.07 Å². The Kier molecular flexibility index (Phi) is 2.89. The van der Waals surface area contributed by atoms with Gasteiger partial charge in [-0.05, 0) is 17.7 Å². The second kappa shape index (κ2) is 4.37. The van der Waals surface area contributed by atoms with E-state index in [2.05, 4.69) is 0 Å². The molecular formula is C13H12O5. The second-order valence-electron chi connectivity index (χ2n) is 3.96. The Morgan fingerprint density at radius 3 is 1.83 bits per heavy atom. The average molecular weight is 248 g/mol. The maximum absolute atomic E-state index is 9.63. The largest absolute Gasteiger partial charge is 0.508 e. The fourth-order valence-corrected chi connectivity index (χ4v) is 1.69. The van der Waals surface area contributed by atoms with Crippen molar-refractivity contribution in [3.63, 3.8) is 0 Å². The summed E-state index contributed by atoms with van der Waals surface area (Å²) >= 11 is 0. The van der Waals surface area contributed by atoms with Gasteiger partial charge in [-0.25, -0.2) is 0 Å². The van der Waals surface area contributed by atoms with E-state index in [0.29, 0.717) is 5.56 Å². The van der Waals surface area contributed by atoms with Gasteiger partial charge in [0.1, 0.15) is 17.2 Å². The van der Waals surface area contributed by atoms with Crippen LogP contribution in [-0.2, 0) is 6.42 Å². The van der Waals surface area contributed by atoms with Crippen molar-refractivity contribution in [2.45, 2.75) is 6.42 Å². The number of benzene rings is 2. The van der Waals surface area contributed by atoms with Crippen molar-refractivity contribution in [3.05, 3.63) is 41.5 Å². The molecule has 5 nitrogen and oxygen atoms in total. The Balaban J connectivity index is 2.37. The fraction of sp³-hybridized carbons (Fsp3) is 0.0769. The Bertz CT molecular complexity index is 569. The summed E-state index contributed by atoms with van der Waals surface area (Å²) in [5.41, 5.74) is 0.833. The minimum Gasteiger partial charge on any atom is -0.508 e. The van der Waals surface area contributed by atoms with E-state index < -0.39 is 0 Å². The van der Waals surface area contributed by atoms with E-state index in [1.165, 1.54) is 12.1 Å². The second-order valence-corrected chi connectivity index (χ2v) is 3.96. The first-order chi connectivity index (χ1) is 8.47. The molecule has 0 aliphatic heterocycles. The standard InChI is InChI=1S/C13H12O5/c14-8-5-11(16)9(12(17)6-8)3-7-1-2-10(15)13(18)4-7/h1-2,4-6,14-18H,3H2. The minimum absolute atomic E-state index is 0.159. The van der Waals surface area contributed by atoms with Crippen molar-refractivity contribution >= 4 is 0 Å². The van der Waals surface area contributed by atoms with Crippen LogP contribution in [0.2, 0.25) is 0 Å². The molecule has 2 aromatic rings. The molecule has 0 saturated heterocycles. The van der Waals surface area contributed by atoms with Crippen molar-refractivity contribution < 1.29 is 25.5 Å². The number of hydrogen-bond donors (Lipinski definition) is 5. The molecule has 18 heavy (non-hydrogen) atoms. The molecule has 0 heterocycles. The predicted octanol–water partition coefficient (Wildman–Crippen LogP) is 1.81. The monoisotopic (exact) mass is 248 g/mol.